The molecule has 1 fully saturated rings. The molecular formula is C26H32ClFN2O2. The lowest BCUT2D eigenvalue weighted by molar-refractivity contribution is -0.141. The molecule has 1 aliphatic rings. The smallest absolute Gasteiger partial charge is 0.243 e. The maximum Gasteiger partial charge on any atom is 0.243 e. The molecule has 2 aromatic rings. The van der Waals surface area contributed by atoms with E-state index in [1.807, 2.05) is 38.1 Å². The van der Waals surface area contributed by atoms with Crippen LogP contribution in [0.2, 0.25) is 5.02 Å². The first-order valence-electron chi connectivity index (χ1n) is 11.5. The van der Waals surface area contributed by atoms with Gasteiger partial charge in [-0.25, -0.2) is 4.39 Å². The number of hydrogen-bond acceptors (Lipinski definition) is 2. The molecule has 0 spiro atoms. The Morgan fingerprint density at radius 3 is 2.53 bits per heavy atom. The fraction of sp³-hybridized carbons (Fsp3) is 0.462. The molecule has 32 heavy (non-hydrogen) atoms. The number of hydrogen-bond donors (Lipinski definition) is 1. The van der Waals surface area contributed by atoms with Gasteiger partial charge in [0.1, 0.15) is 11.9 Å². The topological polar surface area (TPSA) is 49.4 Å². The molecule has 3 rings (SSSR count). The Labute approximate surface area is 195 Å². The van der Waals surface area contributed by atoms with Crippen molar-refractivity contribution in [3.8, 4) is 0 Å². The summed E-state index contributed by atoms with van der Waals surface area (Å²) in [5.74, 6) is -0.967. The quantitative estimate of drug-likeness (QED) is 0.560. The summed E-state index contributed by atoms with van der Waals surface area (Å²) in [6.07, 6.45) is 5.65. The van der Waals surface area contributed by atoms with E-state index < -0.39 is 11.9 Å². The van der Waals surface area contributed by atoms with Gasteiger partial charge >= 0.3 is 0 Å². The minimum absolute atomic E-state index is 0.139. The van der Waals surface area contributed by atoms with E-state index in [1.54, 1.807) is 11.0 Å². The van der Waals surface area contributed by atoms with Gasteiger partial charge in [-0.1, -0.05) is 73.7 Å². The SMILES string of the molecule is CC[C@@H](C(=O)NC1CCCCC1)N(Cc1cccc(C)c1)C(=O)Cc1c(F)cccc1Cl. The normalized spacial score (nSPS) is 15.2. The number of carbonyl (C=O) groups is 2. The molecule has 1 saturated carbocycles. The number of nitrogens with one attached hydrogen (secondary N) is 1. The van der Waals surface area contributed by atoms with Gasteiger partial charge < -0.3 is 10.2 Å². The van der Waals surface area contributed by atoms with Gasteiger partial charge in [0.05, 0.1) is 6.42 Å². The number of benzene rings is 2. The van der Waals surface area contributed by atoms with Crippen LogP contribution >= 0.6 is 11.6 Å². The van der Waals surface area contributed by atoms with Crippen LogP contribution in [-0.2, 0) is 22.6 Å². The lowest BCUT2D eigenvalue weighted by Crippen LogP contribution is -2.52. The molecule has 1 N–H and O–H groups in total. The molecule has 0 unspecified atom stereocenters. The van der Waals surface area contributed by atoms with Crippen LogP contribution < -0.4 is 5.32 Å². The van der Waals surface area contributed by atoms with Gasteiger partial charge in [-0.3, -0.25) is 9.59 Å². The Hall–Kier alpha value is -2.40. The number of nitrogens with zero attached hydrogens (tertiary/aromatic N) is 1. The maximum absolute atomic E-state index is 14.4. The molecule has 0 aromatic heterocycles. The van der Waals surface area contributed by atoms with Gasteiger partial charge in [0.2, 0.25) is 11.8 Å². The molecule has 6 heteroatoms. The first-order valence-corrected chi connectivity index (χ1v) is 11.8. The van der Waals surface area contributed by atoms with Gasteiger partial charge in [0, 0.05) is 23.2 Å². The Kier molecular flexibility index (Phi) is 8.68. The fourth-order valence-corrected chi connectivity index (χ4v) is 4.65. The highest BCUT2D eigenvalue weighted by Crippen LogP contribution is 2.23. The van der Waals surface area contributed by atoms with Crippen molar-refractivity contribution in [2.75, 3.05) is 0 Å². The number of amides is 2. The van der Waals surface area contributed by atoms with Crippen molar-refractivity contribution >= 4 is 23.4 Å². The predicted octanol–water partition coefficient (Wildman–Crippen LogP) is 5.59. The van der Waals surface area contributed by atoms with Gasteiger partial charge in [-0.05, 0) is 43.9 Å². The van der Waals surface area contributed by atoms with Gasteiger partial charge in [0.25, 0.3) is 0 Å². The van der Waals surface area contributed by atoms with Crippen molar-refractivity contribution in [2.24, 2.45) is 0 Å². The van der Waals surface area contributed by atoms with Gasteiger partial charge in [-0.15, -0.1) is 0 Å². The summed E-state index contributed by atoms with van der Waals surface area (Å²) < 4.78 is 14.4. The van der Waals surface area contributed by atoms with E-state index in [4.69, 9.17) is 11.6 Å². The Morgan fingerprint density at radius 1 is 1.16 bits per heavy atom. The summed E-state index contributed by atoms with van der Waals surface area (Å²) in [4.78, 5) is 28.2. The zero-order valence-corrected chi connectivity index (χ0v) is 19.6. The van der Waals surface area contributed by atoms with Crippen LogP contribution in [0.3, 0.4) is 0 Å². The molecular weight excluding hydrogens is 427 g/mol. The lowest BCUT2D eigenvalue weighted by Gasteiger charge is -2.33. The standard InChI is InChI=1S/C26H32ClFN2O2/c1-3-24(26(32)29-20-11-5-4-6-12-20)30(17-19-10-7-9-18(2)15-19)25(31)16-21-22(27)13-8-14-23(21)28/h7-10,13-15,20,24H,3-6,11-12,16-17H2,1-2H3,(H,29,32)/t24-/m0/s1. The van der Waals surface area contributed by atoms with Crippen LogP contribution in [0.1, 0.15) is 62.1 Å². The zero-order chi connectivity index (χ0) is 23.1. The molecule has 0 aliphatic heterocycles. The second-order valence-corrected chi connectivity index (χ2v) is 9.06. The fourth-order valence-electron chi connectivity index (χ4n) is 4.42. The molecule has 4 nitrogen and oxygen atoms in total. The molecule has 1 atom stereocenters. The van der Waals surface area contributed by atoms with E-state index in [-0.39, 0.29) is 41.4 Å². The highest BCUT2D eigenvalue weighted by molar-refractivity contribution is 6.31. The maximum atomic E-state index is 14.4. The van der Waals surface area contributed by atoms with Crippen LogP contribution in [0.4, 0.5) is 4.39 Å². The number of halogens is 2. The van der Waals surface area contributed by atoms with Crippen LogP contribution in [0, 0.1) is 12.7 Å². The summed E-state index contributed by atoms with van der Waals surface area (Å²) in [7, 11) is 0. The van der Waals surface area contributed by atoms with Crippen molar-refractivity contribution in [3.05, 3.63) is 70.0 Å². The Morgan fingerprint density at radius 2 is 1.88 bits per heavy atom. The largest absolute Gasteiger partial charge is 0.352 e. The third-order valence-corrected chi connectivity index (χ3v) is 6.52. The average Bonchev–Trinajstić information content (AvgIpc) is 2.77. The summed E-state index contributed by atoms with van der Waals surface area (Å²) in [5, 5.41) is 3.37. The van der Waals surface area contributed by atoms with Crippen molar-refractivity contribution in [2.45, 2.75) is 77.4 Å². The molecule has 0 saturated heterocycles. The third kappa shape index (κ3) is 6.32. The van der Waals surface area contributed by atoms with Crippen molar-refractivity contribution in [1.82, 2.24) is 10.2 Å². The monoisotopic (exact) mass is 458 g/mol. The molecule has 0 bridgehead atoms. The minimum atomic E-state index is -0.629. The van der Waals surface area contributed by atoms with Crippen molar-refractivity contribution in [3.63, 3.8) is 0 Å². The average molecular weight is 459 g/mol. The summed E-state index contributed by atoms with van der Waals surface area (Å²) >= 11 is 6.17. The summed E-state index contributed by atoms with van der Waals surface area (Å²) in [5.41, 5.74) is 2.17. The van der Waals surface area contributed by atoms with Crippen molar-refractivity contribution < 1.29 is 14.0 Å². The number of carbonyl (C=O) groups excluding carboxylic acids is 2. The molecule has 0 radical (unpaired) electrons. The number of aryl methyl sites for hydroxylation is 1. The molecule has 1 aliphatic carbocycles. The molecule has 2 amide bonds. The predicted molar refractivity (Wildman–Crippen MR) is 126 cm³/mol. The van der Waals surface area contributed by atoms with E-state index in [9.17, 15) is 14.0 Å². The third-order valence-electron chi connectivity index (χ3n) is 6.16. The second-order valence-electron chi connectivity index (χ2n) is 8.66. The van der Waals surface area contributed by atoms with E-state index in [0.717, 1.165) is 36.8 Å². The van der Waals surface area contributed by atoms with E-state index in [0.29, 0.717) is 6.42 Å². The highest BCUT2D eigenvalue weighted by Gasteiger charge is 2.31. The Bertz CT molecular complexity index is 923. The second kappa shape index (κ2) is 11.5. The summed E-state index contributed by atoms with van der Waals surface area (Å²) in [6, 6.07) is 11.8. The van der Waals surface area contributed by atoms with Crippen LogP contribution in [0.5, 0.6) is 0 Å². The summed E-state index contributed by atoms with van der Waals surface area (Å²) in [6.45, 7) is 4.17. The first kappa shape index (κ1) is 24.2. The lowest BCUT2D eigenvalue weighted by atomic mass is 9.95. The van der Waals surface area contributed by atoms with E-state index in [2.05, 4.69) is 5.32 Å². The van der Waals surface area contributed by atoms with Crippen LogP contribution in [-0.4, -0.2) is 28.8 Å². The molecule has 172 valence electrons. The van der Waals surface area contributed by atoms with E-state index in [1.165, 1.54) is 18.6 Å². The van der Waals surface area contributed by atoms with Crippen LogP contribution in [0.15, 0.2) is 42.5 Å². The van der Waals surface area contributed by atoms with Crippen LogP contribution in [0.25, 0.3) is 0 Å². The molecule has 2 aromatic carbocycles. The van der Waals surface area contributed by atoms with Gasteiger partial charge in [0.15, 0.2) is 0 Å². The van der Waals surface area contributed by atoms with E-state index >= 15 is 0 Å². The number of rotatable bonds is 8. The molecule has 0 heterocycles. The minimum Gasteiger partial charge on any atom is -0.352 e. The van der Waals surface area contributed by atoms with Crippen molar-refractivity contribution in [1.29, 1.82) is 0 Å². The highest BCUT2D eigenvalue weighted by atomic mass is 35.5. The van der Waals surface area contributed by atoms with Gasteiger partial charge in [-0.2, -0.15) is 0 Å². The first-order chi connectivity index (χ1) is 15.4. The Balaban J connectivity index is 1.85. The zero-order valence-electron chi connectivity index (χ0n) is 18.9.